The Balaban J connectivity index is 2.07. The van der Waals surface area contributed by atoms with E-state index >= 15 is 0 Å². The maximum Gasteiger partial charge on any atom is 0.320 e. The van der Waals surface area contributed by atoms with Gasteiger partial charge in [0.1, 0.15) is 5.41 Å². The van der Waals surface area contributed by atoms with Crippen molar-refractivity contribution >= 4 is 29.2 Å². The summed E-state index contributed by atoms with van der Waals surface area (Å²) in [5, 5.41) is 1.27. The molecule has 0 radical (unpaired) electrons. The van der Waals surface area contributed by atoms with Gasteiger partial charge in [-0.25, -0.2) is 0 Å². The van der Waals surface area contributed by atoms with E-state index in [1.54, 1.807) is 0 Å². The molecule has 0 atom stereocenters. The van der Waals surface area contributed by atoms with Crippen LogP contribution in [0.25, 0.3) is 0 Å². The van der Waals surface area contributed by atoms with Crippen LogP contribution in [0.15, 0.2) is 36.4 Å². The number of carbonyl (C=O) groups excluding carboxylic acids is 1. The van der Waals surface area contributed by atoms with E-state index in [4.69, 9.17) is 27.9 Å². The summed E-state index contributed by atoms with van der Waals surface area (Å²) in [6, 6.07) is 11.6. The lowest BCUT2D eigenvalue weighted by Gasteiger charge is -2.29. The van der Waals surface area contributed by atoms with Crippen LogP contribution >= 0.6 is 23.2 Å². The highest BCUT2D eigenvalue weighted by Gasteiger charge is 2.58. The van der Waals surface area contributed by atoms with Gasteiger partial charge in [0.2, 0.25) is 0 Å². The number of esters is 1. The third kappa shape index (κ3) is 1.52. The topological polar surface area (TPSA) is 26.3 Å². The van der Waals surface area contributed by atoms with Crippen LogP contribution in [0.4, 0.5) is 0 Å². The first-order chi connectivity index (χ1) is 10.1. The van der Waals surface area contributed by atoms with Crippen molar-refractivity contribution in [3.8, 4) is 0 Å². The third-order valence-corrected chi connectivity index (χ3v) is 5.22. The Morgan fingerprint density at radius 3 is 2.10 bits per heavy atom. The van der Waals surface area contributed by atoms with Gasteiger partial charge < -0.3 is 4.74 Å². The molecular formula is C17H12Cl2O2. The van der Waals surface area contributed by atoms with Crippen molar-refractivity contribution < 1.29 is 9.53 Å². The third-order valence-electron chi connectivity index (χ3n) is 4.75. The average Bonchev–Trinajstić information content (AvgIpc) is 2.98. The molecule has 21 heavy (non-hydrogen) atoms. The van der Waals surface area contributed by atoms with E-state index in [-0.39, 0.29) is 11.9 Å². The van der Waals surface area contributed by atoms with E-state index in [2.05, 4.69) is 0 Å². The van der Waals surface area contributed by atoms with Crippen LogP contribution in [-0.4, -0.2) is 13.1 Å². The molecule has 4 heteroatoms. The number of hydrogen-bond donors (Lipinski definition) is 0. The number of rotatable bonds is 1. The first-order valence-corrected chi connectivity index (χ1v) is 7.52. The average molecular weight is 319 g/mol. The minimum atomic E-state index is -0.764. The van der Waals surface area contributed by atoms with Crippen molar-refractivity contribution in [2.75, 3.05) is 7.11 Å². The van der Waals surface area contributed by atoms with E-state index in [9.17, 15) is 4.79 Å². The Bertz CT molecular complexity index is 729. The number of benzene rings is 2. The standard InChI is InChI=1S/C17H12Cl2O2/c1-21-16(20)17-8-13(11-4-2-9(18)6-14(11)17)12-5-3-10(19)7-15(12)17/h2-7,13H,8H2,1H3. The number of ether oxygens (including phenoxy) is 1. The van der Waals surface area contributed by atoms with Crippen molar-refractivity contribution in [2.24, 2.45) is 0 Å². The molecule has 0 aliphatic heterocycles. The van der Waals surface area contributed by atoms with Crippen molar-refractivity contribution in [3.05, 3.63) is 68.7 Å². The Morgan fingerprint density at radius 2 is 1.62 bits per heavy atom. The number of hydrogen-bond acceptors (Lipinski definition) is 2. The number of fused-ring (bicyclic) bond motifs is 8. The SMILES string of the molecule is COC(=O)C12CC(c3ccc(Cl)cc31)c1ccc(Cl)cc12. The lowest BCUT2D eigenvalue weighted by Crippen LogP contribution is -2.35. The zero-order valence-corrected chi connectivity index (χ0v) is 12.8. The quantitative estimate of drug-likeness (QED) is 0.733. The van der Waals surface area contributed by atoms with E-state index in [0.29, 0.717) is 16.5 Å². The minimum absolute atomic E-state index is 0.212. The highest BCUT2D eigenvalue weighted by molar-refractivity contribution is 6.31. The Morgan fingerprint density at radius 1 is 1.10 bits per heavy atom. The molecule has 4 rings (SSSR count). The van der Waals surface area contributed by atoms with Crippen molar-refractivity contribution in [1.82, 2.24) is 0 Å². The van der Waals surface area contributed by atoms with Crippen LogP contribution in [-0.2, 0) is 14.9 Å². The van der Waals surface area contributed by atoms with Gasteiger partial charge in [-0.05, 0) is 52.9 Å². The molecule has 2 aromatic rings. The predicted molar refractivity (Wildman–Crippen MR) is 82.2 cm³/mol. The van der Waals surface area contributed by atoms with Crippen molar-refractivity contribution in [2.45, 2.75) is 17.8 Å². The van der Waals surface area contributed by atoms with Crippen molar-refractivity contribution in [3.63, 3.8) is 0 Å². The van der Waals surface area contributed by atoms with Crippen LogP contribution < -0.4 is 0 Å². The van der Waals surface area contributed by atoms with E-state index in [1.165, 1.54) is 18.2 Å². The molecule has 0 amide bonds. The maximum atomic E-state index is 12.6. The lowest BCUT2D eigenvalue weighted by molar-refractivity contribution is -0.145. The second kappa shape index (κ2) is 4.25. The fraction of sp³-hybridized carbons (Fsp3) is 0.235. The molecule has 2 aliphatic rings. The fourth-order valence-electron chi connectivity index (χ4n) is 3.94. The van der Waals surface area contributed by atoms with Gasteiger partial charge >= 0.3 is 5.97 Å². The molecule has 106 valence electrons. The zero-order valence-electron chi connectivity index (χ0n) is 11.3. The summed E-state index contributed by atoms with van der Waals surface area (Å²) >= 11 is 12.3. The molecule has 2 bridgehead atoms. The summed E-state index contributed by atoms with van der Waals surface area (Å²) in [5.74, 6) is -0.0295. The molecular weight excluding hydrogens is 307 g/mol. The number of halogens is 2. The monoisotopic (exact) mass is 318 g/mol. The van der Waals surface area contributed by atoms with Crippen LogP contribution in [0.2, 0.25) is 10.0 Å². The molecule has 2 aliphatic carbocycles. The number of carbonyl (C=O) groups is 1. The molecule has 0 saturated heterocycles. The molecule has 0 aromatic heterocycles. The largest absolute Gasteiger partial charge is 0.468 e. The van der Waals surface area contributed by atoms with E-state index < -0.39 is 5.41 Å². The lowest BCUT2D eigenvalue weighted by atomic mass is 9.75. The van der Waals surface area contributed by atoms with Crippen molar-refractivity contribution in [1.29, 1.82) is 0 Å². The Hall–Kier alpha value is -1.51. The van der Waals surface area contributed by atoms with Gasteiger partial charge in [-0.2, -0.15) is 0 Å². The first-order valence-electron chi connectivity index (χ1n) is 6.76. The van der Waals surface area contributed by atoms with Gasteiger partial charge in [0.05, 0.1) is 7.11 Å². The fourth-order valence-corrected chi connectivity index (χ4v) is 4.28. The molecule has 0 fully saturated rings. The van der Waals surface area contributed by atoms with Gasteiger partial charge in [0.15, 0.2) is 0 Å². The molecule has 0 unspecified atom stereocenters. The normalized spacial score (nSPS) is 24.6. The maximum absolute atomic E-state index is 12.6. The van der Waals surface area contributed by atoms with Gasteiger partial charge in [-0.1, -0.05) is 35.3 Å². The summed E-state index contributed by atoms with van der Waals surface area (Å²) < 4.78 is 5.12. The van der Waals surface area contributed by atoms with E-state index in [1.807, 2.05) is 36.4 Å². The summed E-state index contributed by atoms with van der Waals surface area (Å²) in [6.07, 6.45) is 0.699. The van der Waals surface area contributed by atoms with Crippen LogP contribution in [0, 0.1) is 0 Å². The first kappa shape index (κ1) is 13.2. The summed E-state index contributed by atoms with van der Waals surface area (Å²) in [6.45, 7) is 0. The van der Waals surface area contributed by atoms with Crippen LogP contribution in [0.3, 0.4) is 0 Å². The molecule has 0 N–H and O–H groups in total. The predicted octanol–water partition coefficient (Wildman–Crippen LogP) is 4.30. The van der Waals surface area contributed by atoms with Gasteiger partial charge in [0, 0.05) is 16.0 Å². The second-order valence-electron chi connectivity index (χ2n) is 5.62. The van der Waals surface area contributed by atoms with Gasteiger partial charge in [-0.15, -0.1) is 0 Å². The van der Waals surface area contributed by atoms with Crippen LogP contribution in [0.1, 0.15) is 34.6 Å². The van der Waals surface area contributed by atoms with E-state index in [0.717, 1.165) is 11.1 Å². The zero-order chi connectivity index (χ0) is 14.8. The minimum Gasteiger partial charge on any atom is -0.468 e. The highest BCUT2D eigenvalue weighted by atomic mass is 35.5. The molecule has 0 saturated carbocycles. The smallest absolute Gasteiger partial charge is 0.320 e. The highest BCUT2D eigenvalue weighted by Crippen LogP contribution is 2.61. The van der Waals surface area contributed by atoms with Gasteiger partial charge in [-0.3, -0.25) is 4.79 Å². The summed E-state index contributed by atoms with van der Waals surface area (Å²) in [5.41, 5.74) is 3.49. The van der Waals surface area contributed by atoms with Crippen LogP contribution in [0.5, 0.6) is 0 Å². The Kier molecular flexibility index (Phi) is 2.66. The summed E-state index contributed by atoms with van der Waals surface area (Å²) in [4.78, 5) is 12.6. The molecule has 2 aromatic carbocycles. The summed E-state index contributed by atoms with van der Waals surface area (Å²) in [7, 11) is 1.43. The van der Waals surface area contributed by atoms with Gasteiger partial charge in [0.25, 0.3) is 0 Å². The molecule has 0 spiro atoms. The molecule has 2 nitrogen and oxygen atoms in total. The Labute approximate surface area is 132 Å². The molecule has 0 heterocycles. The second-order valence-corrected chi connectivity index (χ2v) is 6.49. The number of methoxy groups -OCH3 is 1.